The fourth-order valence-electron chi connectivity index (χ4n) is 4.84. The molecule has 0 saturated heterocycles. The van der Waals surface area contributed by atoms with Gasteiger partial charge >= 0.3 is 5.97 Å². The number of para-hydroxylation sites is 2. The molecule has 4 N–H and O–H groups in total. The zero-order chi connectivity index (χ0) is 23.2. The number of hydrogen-bond donors (Lipinski definition) is 3. The molecule has 1 aliphatic carbocycles. The molecular formula is C26H33N3O4. The number of fused-ring (bicyclic) bond motifs is 1. The summed E-state index contributed by atoms with van der Waals surface area (Å²) in [5.74, 6) is 0.0700. The van der Waals surface area contributed by atoms with Crippen molar-refractivity contribution in [1.29, 1.82) is 0 Å². The molecule has 1 saturated carbocycles. The number of nitrogens with one attached hydrogen (secondary N) is 1. The van der Waals surface area contributed by atoms with Crippen LogP contribution in [0.3, 0.4) is 0 Å². The van der Waals surface area contributed by atoms with Gasteiger partial charge in [0.25, 0.3) is 0 Å². The Balaban J connectivity index is 1.51. The van der Waals surface area contributed by atoms with Crippen molar-refractivity contribution in [3.05, 3.63) is 54.1 Å². The number of aliphatic carboxylic acids is 1. The molecule has 1 aliphatic heterocycles. The molecule has 0 radical (unpaired) electrons. The second kappa shape index (κ2) is 10.7. The fraction of sp³-hybridized carbons (Fsp3) is 0.462. The van der Waals surface area contributed by atoms with Gasteiger partial charge in [0.2, 0.25) is 5.91 Å². The van der Waals surface area contributed by atoms with E-state index >= 15 is 0 Å². The van der Waals surface area contributed by atoms with Crippen molar-refractivity contribution >= 4 is 23.3 Å². The first kappa shape index (κ1) is 23.1. The lowest BCUT2D eigenvalue weighted by Gasteiger charge is -2.28. The molecule has 1 fully saturated rings. The van der Waals surface area contributed by atoms with Gasteiger partial charge < -0.3 is 20.5 Å². The van der Waals surface area contributed by atoms with E-state index in [2.05, 4.69) is 5.32 Å². The first-order valence-electron chi connectivity index (χ1n) is 11.9. The summed E-state index contributed by atoms with van der Waals surface area (Å²) in [5, 5.41) is 13.0. The predicted octanol–water partition coefficient (Wildman–Crippen LogP) is 3.97. The zero-order valence-electron chi connectivity index (χ0n) is 18.9. The van der Waals surface area contributed by atoms with Gasteiger partial charge in [0.1, 0.15) is 24.4 Å². The molecule has 1 unspecified atom stereocenters. The van der Waals surface area contributed by atoms with Gasteiger partial charge in [-0.3, -0.25) is 14.9 Å². The number of carboxylic acid groups (broad SMARTS) is 1. The summed E-state index contributed by atoms with van der Waals surface area (Å²) in [6.45, 7) is 0.429. The topological polar surface area (TPSA) is 105 Å². The van der Waals surface area contributed by atoms with E-state index in [4.69, 9.17) is 10.5 Å². The molecule has 7 nitrogen and oxygen atoms in total. The van der Waals surface area contributed by atoms with E-state index in [9.17, 15) is 14.7 Å². The van der Waals surface area contributed by atoms with Gasteiger partial charge in [0, 0.05) is 5.69 Å². The Labute approximate surface area is 194 Å². The Bertz CT molecular complexity index is 956. The van der Waals surface area contributed by atoms with Crippen molar-refractivity contribution in [2.45, 2.75) is 63.6 Å². The van der Waals surface area contributed by atoms with Crippen LogP contribution >= 0.6 is 0 Å². The molecule has 1 amide bonds. The largest absolute Gasteiger partial charge is 0.489 e. The van der Waals surface area contributed by atoms with Gasteiger partial charge in [-0.05, 0) is 48.6 Å². The smallest absolute Gasteiger partial charge is 0.320 e. The van der Waals surface area contributed by atoms with Crippen molar-refractivity contribution in [2.75, 3.05) is 17.2 Å². The first-order chi connectivity index (χ1) is 16.0. The molecule has 0 spiro atoms. The van der Waals surface area contributed by atoms with Gasteiger partial charge in [-0.2, -0.15) is 0 Å². The highest BCUT2D eigenvalue weighted by Crippen LogP contribution is 2.33. The van der Waals surface area contributed by atoms with Crippen LogP contribution in [0.15, 0.2) is 48.5 Å². The van der Waals surface area contributed by atoms with E-state index < -0.39 is 18.1 Å². The molecule has 1 heterocycles. The number of nitrogens with zero attached hydrogens (tertiary/aromatic N) is 1. The first-order valence-corrected chi connectivity index (χ1v) is 11.9. The lowest BCUT2D eigenvalue weighted by Crippen LogP contribution is -2.53. The number of carbonyl (C=O) groups excluding carboxylic acids is 1. The summed E-state index contributed by atoms with van der Waals surface area (Å²) >= 11 is 0. The maximum absolute atomic E-state index is 13.6. The van der Waals surface area contributed by atoms with E-state index in [1.54, 1.807) is 4.90 Å². The Kier molecular flexibility index (Phi) is 7.50. The Morgan fingerprint density at radius 1 is 1.12 bits per heavy atom. The van der Waals surface area contributed by atoms with Crippen LogP contribution in [0.4, 0.5) is 11.4 Å². The predicted molar refractivity (Wildman–Crippen MR) is 128 cm³/mol. The highest BCUT2D eigenvalue weighted by molar-refractivity contribution is 5.99. The van der Waals surface area contributed by atoms with E-state index in [-0.39, 0.29) is 12.5 Å². The van der Waals surface area contributed by atoms with Crippen LogP contribution in [-0.2, 0) is 16.1 Å². The second-order valence-corrected chi connectivity index (χ2v) is 9.14. The number of anilines is 2. The summed E-state index contributed by atoms with van der Waals surface area (Å²) in [6, 6.07) is 13.3. The minimum atomic E-state index is -0.926. The van der Waals surface area contributed by atoms with Gasteiger partial charge in [-0.25, -0.2) is 0 Å². The minimum Gasteiger partial charge on any atom is -0.489 e. The third-order valence-corrected chi connectivity index (χ3v) is 6.73. The zero-order valence-corrected chi connectivity index (χ0v) is 18.9. The lowest BCUT2D eigenvalue weighted by molar-refractivity contribution is -0.140. The van der Waals surface area contributed by atoms with Crippen LogP contribution in [0.5, 0.6) is 5.75 Å². The van der Waals surface area contributed by atoms with E-state index in [0.717, 1.165) is 12.0 Å². The molecule has 176 valence electrons. The van der Waals surface area contributed by atoms with Crippen LogP contribution in [-0.4, -0.2) is 35.7 Å². The van der Waals surface area contributed by atoms with Crippen molar-refractivity contribution < 1.29 is 19.4 Å². The number of rotatable bonds is 8. The number of carbonyl (C=O) groups is 2. The summed E-state index contributed by atoms with van der Waals surface area (Å²) in [6.07, 6.45) is 7.43. The number of ether oxygens (including phenoxy) is 1. The molecule has 2 aliphatic rings. The average molecular weight is 452 g/mol. The maximum atomic E-state index is 13.6. The molecule has 4 rings (SSSR count). The van der Waals surface area contributed by atoms with Crippen LogP contribution < -0.4 is 20.7 Å². The molecule has 2 atom stereocenters. The number of benzene rings is 2. The summed E-state index contributed by atoms with van der Waals surface area (Å²) in [7, 11) is 0. The molecule has 7 heteroatoms. The van der Waals surface area contributed by atoms with Crippen LogP contribution in [0.2, 0.25) is 0 Å². The van der Waals surface area contributed by atoms with Crippen molar-refractivity contribution in [1.82, 2.24) is 5.32 Å². The van der Waals surface area contributed by atoms with Crippen LogP contribution in [0, 0.1) is 5.92 Å². The number of carboxylic acids is 1. The third-order valence-electron chi connectivity index (χ3n) is 6.73. The highest BCUT2D eigenvalue weighted by Gasteiger charge is 2.34. The summed E-state index contributed by atoms with van der Waals surface area (Å²) in [4.78, 5) is 27.3. The Hall–Kier alpha value is -3.06. The Morgan fingerprint density at radius 2 is 1.85 bits per heavy atom. The fourth-order valence-corrected chi connectivity index (χ4v) is 4.84. The standard InChI is InChI=1S/C26H33N3O4/c27-20-13-10-19(11-14-20)16-29-23-8-4-5-9-24(23)33-17-22(25(29)30)28-21(26(31)32)15-12-18-6-2-1-3-7-18/h4-5,8-11,13-14,18,21-22,28H,1-3,6-7,12,15-17,27H2,(H,31,32)/t21-,22?/m0/s1. The average Bonchev–Trinajstić information content (AvgIpc) is 2.95. The number of nitrogen functional groups attached to an aromatic ring is 1. The Morgan fingerprint density at radius 3 is 2.58 bits per heavy atom. The molecule has 2 aromatic carbocycles. The van der Waals surface area contributed by atoms with Crippen molar-refractivity contribution in [3.8, 4) is 5.75 Å². The quantitative estimate of drug-likeness (QED) is 0.525. The summed E-state index contributed by atoms with van der Waals surface area (Å²) < 4.78 is 5.96. The third kappa shape index (κ3) is 5.85. The summed E-state index contributed by atoms with van der Waals surface area (Å²) in [5.41, 5.74) is 8.08. The van der Waals surface area contributed by atoms with Gasteiger partial charge in [0.05, 0.1) is 12.2 Å². The highest BCUT2D eigenvalue weighted by atomic mass is 16.5. The van der Waals surface area contributed by atoms with Crippen LogP contribution in [0.1, 0.15) is 50.5 Å². The minimum absolute atomic E-state index is 0.0846. The second-order valence-electron chi connectivity index (χ2n) is 9.14. The monoisotopic (exact) mass is 451 g/mol. The SMILES string of the molecule is Nc1ccc(CN2C(=O)C(N[C@@H](CCC3CCCCC3)C(=O)O)COc3ccccc32)cc1. The van der Waals surface area contributed by atoms with E-state index in [0.29, 0.717) is 36.0 Å². The lowest BCUT2D eigenvalue weighted by atomic mass is 9.85. The van der Waals surface area contributed by atoms with Crippen molar-refractivity contribution in [2.24, 2.45) is 5.92 Å². The number of hydrogen-bond acceptors (Lipinski definition) is 5. The van der Waals surface area contributed by atoms with Gasteiger partial charge in [0.15, 0.2) is 0 Å². The van der Waals surface area contributed by atoms with Crippen molar-refractivity contribution in [3.63, 3.8) is 0 Å². The number of nitrogens with two attached hydrogens (primary N) is 1. The molecule has 2 aromatic rings. The van der Waals surface area contributed by atoms with Crippen LogP contribution in [0.25, 0.3) is 0 Å². The maximum Gasteiger partial charge on any atom is 0.320 e. The molecule has 0 aromatic heterocycles. The van der Waals surface area contributed by atoms with Gasteiger partial charge in [-0.15, -0.1) is 0 Å². The number of amides is 1. The molecule has 33 heavy (non-hydrogen) atoms. The van der Waals surface area contributed by atoms with E-state index in [1.165, 1.54) is 32.1 Å². The normalized spacial score (nSPS) is 19.9. The molecule has 0 bridgehead atoms. The van der Waals surface area contributed by atoms with E-state index in [1.807, 2.05) is 48.5 Å². The van der Waals surface area contributed by atoms with Gasteiger partial charge in [-0.1, -0.05) is 56.4 Å². The molecular weight excluding hydrogens is 418 g/mol.